The lowest BCUT2D eigenvalue weighted by Gasteiger charge is -2.58. The van der Waals surface area contributed by atoms with E-state index in [9.17, 15) is 77.6 Å². The monoisotopic (exact) mass is 1570 g/mol. The maximum Gasteiger partial charge on any atom is 0.327 e. The Morgan fingerprint density at radius 3 is 2.13 bits per heavy atom. The van der Waals surface area contributed by atoms with Crippen LogP contribution in [0.5, 0.6) is 5.75 Å². The van der Waals surface area contributed by atoms with E-state index in [4.69, 9.17) is 55.1 Å². The number of rotatable bonds is 37. The van der Waals surface area contributed by atoms with E-state index < -0.39 is 172 Å². The van der Waals surface area contributed by atoms with Crippen LogP contribution in [-0.2, 0) is 92.4 Å². The summed E-state index contributed by atoms with van der Waals surface area (Å²) in [6, 6.07) is 6.78. The number of carboxylic acids is 3. The number of aromatic nitrogens is 4. The fourth-order valence-electron chi connectivity index (χ4n) is 13.9. The van der Waals surface area contributed by atoms with Crippen LogP contribution in [0.15, 0.2) is 76.2 Å². The molecule has 1 spiro atoms. The number of nitrogen functional groups attached to an aromatic ring is 1. The molecule has 15 N–H and O–H groups in total. The standard InChI is InChI=1S/C39H50N14O14S.C33H44O10/c1-67-12-11-53-27(55)14-25(35(53)62)68-17-24(37(65)66)50-33(60)23(13-28(56)57)49-32(59)21(3-2-10-43-38(40)41)47-26(54)9-8-22(36(63)64)48-31(58)18-4-6-19(7-5-18)44-15-20-16-45-30-29(46-20)34(61)52-39(42)51-30;1-18(2)13-27(36)42-25-15-32(16-38-21(5)34)26(14-19(25)3)43-30-28(40-20(4)23-9-11-24(37-8)12-10-23)29(41-22(6)35)31(32,7)33(30)17-39-33/h4-7,16,21-25,44H,2-3,8-15,17H2,1H3,(H,47,54)(H,48,58)(H,49,59)(H,50,60)(H,56,57)(H,63,64)(H,65,66)(H4,40,41,43)(H3,42,45,51,52,61);9-12,14,18,20,25-26,28-30H,13,15-17H2,1-8H3/t21-,22-,23-,24-,25?;20?,25-,26+,28+,29+,30+,31+,32+,33-/m00/s1. The number of aliphatic imine (C=N–C) groups is 1. The summed E-state index contributed by atoms with van der Waals surface area (Å²) >= 11 is 0.783. The summed E-state index contributed by atoms with van der Waals surface area (Å²) in [4.78, 5) is 184. The van der Waals surface area contributed by atoms with Crippen LogP contribution >= 0.6 is 11.8 Å². The van der Waals surface area contributed by atoms with Crippen molar-refractivity contribution < 1.29 is 111 Å². The maximum atomic E-state index is 13.6. The van der Waals surface area contributed by atoms with Crippen LogP contribution in [0.4, 0.5) is 11.6 Å². The van der Waals surface area contributed by atoms with Crippen LogP contribution in [0, 0.1) is 16.7 Å². The highest BCUT2D eigenvalue weighted by molar-refractivity contribution is 8.00. The van der Waals surface area contributed by atoms with Crippen molar-refractivity contribution in [3.63, 3.8) is 0 Å². The van der Waals surface area contributed by atoms with Crippen molar-refractivity contribution in [1.29, 1.82) is 0 Å². The normalized spacial score (nSPS) is 23.3. The minimum atomic E-state index is -1.89. The number of methoxy groups -OCH3 is 2. The van der Waals surface area contributed by atoms with Crippen molar-refractivity contribution in [3.8, 4) is 5.75 Å². The summed E-state index contributed by atoms with van der Waals surface area (Å²) in [5.41, 5.74) is 15.7. The number of thioether (sulfide) groups is 1. The second-order valence-corrected chi connectivity index (χ2v) is 29.1. The maximum absolute atomic E-state index is 13.6. The molecule has 5 heterocycles. The molecule has 0 radical (unpaired) electrons. The zero-order valence-corrected chi connectivity index (χ0v) is 63.4. The third kappa shape index (κ3) is 21.2. The summed E-state index contributed by atoms with van der Waals surface area (Å²) in [6.45, 7) is 13.0. The number of nitrogens with two attached hydrogens (primary N) is 3. The van der Waals surface area contributed by atoms with Gasteiger partial charge in [0.1, 0.15) is 66.5 Å². The zero-order chi connectivity index (χ0) is 81.4. The van der Waals surface area contributed by atoms with Crippen molar-refractivity contribution in [2.45, 2.75) is 178 Å². The number of fused-ring (bicyclic) bond motifs is 3. The summed E-state index contributed by atoms with van der Waals surface area (Å²) in [6.07, 6.45) is -2.05. The molecule has 3 saturated heterocycles. The van der Waals surface area contributed by atoms with Crippen LogP contribution in [-0.4, -0.2) is 236 Å². The number of esters is 3. The Morgan fingerprint density at radius 1 is 0.838 bits per heavy atom. The number of ether oxygens (including phenoxy) is 8. The molecule has 2 aromatic heterocycles. The number of likely N-dealkylation sites (tertiary alicyclic amines) is 1. The number of guanidine groups is 1. The summed E-state index contributed by atoms with van der Waals surface area (Å²) < 4.78 is 48.0. The van der Waals surface area contributed by atoms with Crippen molar-refractivity contribution in [2.24, 2.45) is 33.2 Å². The van der Waals surface area contributed by atoms with Gasteiger partial charge in [-0.1, -0.05) is 39.0 Å². The first kappa shape index (κ1) is 85.7. The van der Waals surface area contributed by atoms with Crippen LogP contribution in [0.25, 0.3) is 11.2 Å². The highest BCUT2D eigenvalue weighted by atomic mass is 32.2. The Bertz CT molecular complexity index is 4250. The number of carbonyl (C=O) groups is 12. The van der Waals surface area contributed by atoms with Crippen LogP contribution in [0.3, 0.4) is 0 Å². The highest BCUT2D eigenvalue weighted by Crippen LogP contribution is 2.73. The molecular weight excluding hydrogens is 1480 g/mol. The molecular formula is C72H94N14O24S. The van der Waals surface area contributed by atoms with Crippen LogP contribution in [0.2, 0.25) is 0 Å². The smallest absolute Gasteiger partial charge is 0.327 e. The third-order valence-electron chi connectivity index (χ3n) is 19.7. The topological polar surface area (TPSA) is 568 Å². The van der Waals surface area contributed by atoms with Gasteiger partial charge in [-0.15, -0.1) is 11.8 Å². The fraction of sp³-hybridized carbons (Fsp3) is 0.542. The molecule has 3 aliphatic heterocycles. The van der Waals surface area contributed by atoms with E-state index in [1.165, 1.54) is 51.4 Å². The van der Waals surface area contributed by atoms with Crippen molar-refractivity contribution in [1.82, 2.24) is 46.1 Å². The number of hydrogen-bond donors (Lipinski definition) is 12. The fourth-order valence-corrected chi connectivity index (χ4v) is 15.1. The Morgan fingerprint density at radius 2 is 1.51 bits per heavy atom. The summed E-state index contributed by atoms with van der Waals surface area (Å²) in [5, 5.41) is 40.5. The highest BCUT2D eigenvalue weighted by Gasteiger charge is 2.87. The van der Waals surface area contributed by atoms with Gasteiger partial charge in [-0.2, -0.15) is 4.98 Å². The molecule has 2 aromatic carbocycles. The van der Waals surface area contributed by atoms with Gasteiger partial charge in [0.2, 0.25) is 35.5 Å². The molecule has 111 heavy (non-hydrogen) atoms. The number of hydrogen-bond acceptors (Lipinski definition) is 28. The lowest BCUT2D eigenvalue weighted by atomic mass is 9.51. The van der Waals surface area contributed by atoms with E-state index in [2.05, 4.69) is 51.5 Å². The van der Waals surface area contributed by atoms with Gasteiger partial charge in [0.15, 0.2) is 17.1 Å². The number of anilines is 2. The van der Waals surface area contributed by atoms with E-state index in [1.54, 1.807) is 7.11 Å². The second-order valence-electron chi connectivity index (χ2n) is 27.9. The molecule has 2 bridgehead atoms. The molecule has 5 aliphatic rings. The summed E-state index contributed by atoms with van der Waals surface area (Å²) in [7, 11) is 2.99. The van der Waals surface area contributed by atoms with Gasteiger partial charge in [0.05, 0.1) is 80.0 Å². The van der Waals surface area contributed by atoms with Crippen molar-refractivity contribution in [2.75, 3.05) is 63.9 Å². The van der Waals surface area contributed by atoms with Gasteiger partial charge in [-0.05, 0) is 86.6 Å². The third-order valence-corrected chi connectivity index (χ3v) is 21.0. The number of epoxide rings is 1. The number of nitrogens with one attached hydrogen (secondary N) is 6. The van der Waals surface area contributed by atoms with Gasteiger partial charge in [-0.3, -0.25) is 67.6 Å². The Labute approximate surface area is 640 Å². The summed E-state index contributed by atoms with van der Waals surface area (Å²) in [5.74, 6) is -10.9. The quantitative estimate of drug-likeness (QED) is 0.00437. The Kier molecular flexibility index (Phi) is 29.1. The van der Waals surface area contributed by atoms with Gasteiger partial charge < -0.3 is 97.0 Å². The molecule has 1 saturated carbocycles. The molecule has 2 unspecified atom stereocenters. The minimum absolute atomic E-state index is 0.0105. The SMILES string of the molecule is COCCN1C(=O)CC(SC[C@H](NC(=O)[C@H](CC(=O)O)NC(=O)[C@H](CCCN=C(N)N)NC(=O)CC[C@H](NC(=O)c2ccc(NCc3cnc4nc(N)[nH]c(=O)c4n3)cc2)C(=O)O)C(=O)O)C1=O.COc1ccc(C(C)O[C@@H]2[C@@H](OC(C)=O)[C@]3(C)[C@@]4(COC(C)=O)C[C@H](OC(=O)CC(C)C)C(C)=C[C@H]4O[C@H]2[C@@]32CO2)cc1. The Balaban J connectivity index is 0.000000307. The lowest BCUT2D eigenvalue weighted by Crippen LogP contribution is -2.68. The van der Waals surface area contributed by atoms with Gasteiger partial charge in [-0.25, -0.2) is 19.6 Å². The lowest BCUT2D eigenvalue weighted by molar-refractivity contribution is -0.241. The number of aliphatic carboxylic acids is 3. The first-order chi connectivity index (χ1) is 52.5. The number of amides is 6. The van der Waals surface area contributed by atoms with E-state index in [-0.39, 0.29) is 105 Å². The predicted octanol–water partition coefficient (Wildman–Crippen LogP) is 0.932. The first-order valence-corrected chi connectivity index (χ1v) is 36.6. The first-order valence-electron chi connectivity index (χ1n) is 35.5. The van der Waals surface area contributed by atoms with Crippen molar-refractivity contribution >= 4 is 112 Å². The average molecular weight is 1570 g/mol. The molecule has 2 aliphatic carbocycles. The van der Waals surface area contributed by atoms with E-state index >= 15 is 0 Å². The zero-order valence-electron chi connectivity index (χ0n) is 62.6. The molecule has 39 heteroatoms. The number of nitrogens with zero attached hydrogens (tertiary/aromatic N) is 5. The van der Waals surface area contributed by atoms with Gasteiger partial charge in [0.25, 0.3) is 11.5 Å². The average Bonchev–Trinajstić information content (AvgIpc) is 1.47. The van der Waals surface area contributed by atoms with Gasteiger partial charge >= 0.3 is 35.8 Å². The molecule has 6 amide bonds. The number of H-pyrrole nitrogens is 1. The number of benzene rings is 2. The van der Waals surface area contributed by atoms with Crippen LogP contribution in [0.1, 0.15) is 128 Å². The van der Waals surface area contributed by atoms with E-state index in [0.717, 1.165) is 33.5 Å². The molecule has 602 valence electrons. The van der Waals surface area contributed by atoms with Crippen molar-refractivity contribution in [3.05, 3.63) is 93.6 Å². The number of carbonyl (C=O) groups excluding carboxylic acids is 9. The number of carboxylic acid groups (broad SMARTS) is 3. The number of aromatic amines is 1. The number of imide groups is 1. The minimum Gasteiger partial charge on any atom is -0.497 e. The molecule has 14 atom stereocenters. The largest absolute Gasteiger partial charge is 0.497 e. The molecule has 4 fully saturated rings. The second kappa shape index (κ2) is 37.7. The molecule has 9 rings (SSSR count). The van der Waals surface area contributed by atoms with Crippen LogP contribution < -0.4 is 54.1 Å². The van der Waals surface area contributed by atoms with Gasteiger partial charge in [0, 0.05) is 70.2 Å². The predicted molar refractivity (Wildman–Crippen MR) is 393 cm³/mol. The van der Waals surface area contributed by atoms with E-state index in [1.807, 2.05) is 65.0 Å². The molecule has 38 nitrogen and oxygen atoms in total. The Hall–Kier alpha value is -10.9. The molecule has 4 aromatic rings. The van der Waals surface area contributed by atoms with E-state index in [0.29, 0.717) is 24.4 Å².